The first kappa shape index (κ1) is 19.1. The first-order valence-electron chi connectivity index (χ1n) is 6.86. The first-order chi connectivity index (χ1) is 9.28. The van der Waals surface area contributed by atoms with Gasteiger partial charge < -0.3 is 13.8 Å². The van der Waals surface area contributed by atoms with Crippen molar-refractivity contribution in [3.05, 3.63) is 12.7 Å². The third-order valence-corrected chi connectivity index (χ3v) is 4.38. The van der Waals surface area contributed by atoms with E-state index in [-0.39, 0.29) is 5.75 Å². The van der Waals surface area contributed by atoms with Crippen LogP contribution in [0.15, 0.2) is 12.7 Å². The standard InChI is InChI=1S/C13H25NO5S/c1-4-13(15)19-11-10-14(5-2,6-3)9-7-8-12-20(16,17)18/h4H,1,5-12H2,2-3H3. The van der Waals surface area contributed by atoms with Crippen LogP contribution in [0.4, 0.5) is 0 Å². The van der Waals surface area contributed by atoms with Gasteiger partial charge in [-0.1, -0.05) is 6.58 Å². The lowest BCUT2D eigenvalue weighted by molar-refractivity contribution is -0.925. The number of rotatable bonds is 11. The predicted octanol–water partition coefficient (Wildman–Crippen LogP) is 0.898. The molecule has 0 rings (SSSR count). The Labute approximate surface area is 121 Å². The molecule has 20 heavy (non-hydrogen) atoms. The molecule has 0 fully saturated rings. The second kappa shape index (κ2) is 9.10. The summed E-state index contributed by atoms with van der Waals surface area (Å²) in [6, 6.07) is 0. The summed E-state index contributed by atoms with van der Waals surface area (Å²) in [7, 11) is -4.12. The molecule has 118 valence electrons. The summed E-state index contributed by atoms with van der Waals surface area (Å²) in [5.74, 6) is -0.751. The minimum absolute atomic E-state index is 0.312. The zero-order valence-electron chi connectivity index (χ0n) is 12.3. The fraction of sp³-hybridized carbons (Fsp3) is 0.769. The topological polar surface area (TPSA) is 83.5 Å². The summed E-state index contributed by atoms with van der Waals surface area (Å²) < 4.78 is 37.4. The fourth-order valence-electron chi connectivity index (χ4n) is 2.09. The molecule has 0 amide bonds. The number of quaternary nitrogens is 1. The SMILES string of the molecule is C=CC(=O)OCC[N+](CC)(CC)CCCCS(=O)(=O)[O-]. The van der Waals surface area contributed by atoms with Gasteiger partial charge in [-0.3, -0.25) is 0 Å². The van der Waals surface area contributed by atoms with Crippen molar-refractivity contribution in [3.63, 3.8) is 0 Å². The Bertz CT molecular complexity index is 401. The smallest absolute Gasteiger partial charge is 0.330 e. The van der Waals surface area contributed by atoms with E-state index in [1.165, 1.54) is 0 Å². The first-order valence-corrected chi connectivity index (χ1v) is 8.44. The van der Waals surface area contributed by atoms with Crippen LogP contribution >= 0.6 is 0 Å². The fourth-order valence-corrected chi connectivity index (χ4v) is 2.65. The van der Waals surface area contributed by atoms with Crippen molar-refractivity contribution in [3.8, 4) is 0 Å². The summed E-state index contributed by atoms with van der Waals surface area (Å²) >= 11 is 0. The van der Waals surface area contributed by atoms with E-state index >= 15 is 0 Å². The molecule has 0 aromatic rings. The van der Waals surface area contributed by atoms with Crippen molar-refractivity contribution in [2.24, 2.45) is 0 Å². The van der Waals surface area contributed by atoms with Gasteiger partial charge >= 0.3 is 5.97 Å². The molecule has 0 aromatic heterocycles. The van der Waals surface area contributed by atoms with Gasteiger partial charge in [-0.25, -0.2) is 13.2 Å². The van der Waals surface area contributed by atoms with Crippen LogP contribution < -0.4 is 0 Å². The molecule has 0 N–H and O–H groups in total. The quantitative estimate of drug-likeness (QED) is 0.186. The third-order valence-electron chi connectivity index (χ3n) is 3.60. The highest BCUT2D eigenvalue weighted by Gasteiger charge is 2.22. The Hall–Kier alpha value is -0.920. The van der Waals surface area contributed by atoms with Crippen molar-refractivity contribution >= 4 is 16.1 Å². The molecule has 0 saturated carbocycles. The molecule has 0 unspecified atom stereocenters. The number of carbonyl (C=O) groups excluding carboxylic acids is 1. The number of ether oxygens (including phenoxy) is 1. The Morgan fingerprint density at radius 3 is 2.30 bits per heavy atom. The van der Waals surface area contributed by atoms with Crippen LogP contribution in [0.2, 0.25) is 0 Å². The minimum Gasteiger partial charge on any atom is -0.748 e. The number of carbonyl (C=O) groups is 1. The van der Waals surface area contributed by atoms with Crippen LogP contribution in [0, 0.1) is 0 Å². The Morgan fingerprint density at radius 1 is 1.25 bits per heavy atom. The molecule has 0 heterocycles. The molecule has 0 aliphatic heterocycles. The molecule has 0 aromatic carbocycles. The molecule has 0 saturated heterocycles. The summed E-state index contributed by atoms with van der Waals surface area (Å²) in [5.41, 5.74) is 0. The van der Waals surface area contributed by atoms with Gasteiger partial charge in [0.05, 0.1) is 29.8 Å². The highest BCUT2D eigenvalue weighted by atomic mass is 32.2. The summed E-state index contributed by atoms with van der Waals surface area (Å²) in [5, 5.41) is 0. The molecular formula is C13H25NO5S. The highest BCUT2D eigenvalue weighted by Crippen LogP contribution is 2.10. The lowest BCUT2D eigenvalue weighted by Crippen LogP contribution is -2.50. The van der Waals surface area contributed by atoms with Gasteiger partial charge in [0.1, 0.15) is 13.2 Å². The van der Waals surface area contributed by atoms with Gasteiger partial charge in [-0.15, -0.1) is 0 Å². The number of unbranched alkanes of at least 4 members (excludes halogenated alkanes) is 1. The number of hydrogen-bond donors (Lipinski definition) is 0. The molecule has 6 nitrogen and oxygen atoms in total. The largest absolute Gasteiger partial charge is 0.748 e. The van der Waals surface area contributed by atoms with Crippen LogP contribution in [0.5, 0.6) is 0 Å². The van der Waals surface area contributed by atoms with Gasteiger partial charge in [-0.05, 0) is 26.7 Å². The van der Waals surface area contributed by atoms with E-state index < -0.39 is 16.1 Å². The second-order valence-corrected chi connectivity index (χ2v) is 6.29. The molecular weight excluding hydrogens is 282 g/mol. The molecule has 0 aliphatic rings. The van der Waals surface area contributed by atoms with E-state index in [1.54, 1.807) is 0 Å². The maximum Gasteiger partial charge on any atom is 0.330 e. The average molecular weight is 307 g/mol. The maximum atomic E-state index is 11.0. The summed E-state index contributed by atoms with van der Waals surface area (Å²) in [6.45, 7) is 10.9. The van der Waals surface area contributed by atoms with Crippen LogP contribution in [-0.2, 0) is 19.6 Å². The van der Waals surface area contributed by atoms with Crippen LogP contribution in [0.1, 0.15) is 26.7 Å². The van der Waals surface area contributed by atoms with Crippen molar-refractivity contribution in [1.82, 2.24) is 0 Å². The predicted molar refractivity (Wildman–Crippen MR) is 76.0 cm³/mol. The van der Waals surface area contributed by atoms with Crippen LogP contribution in [-0.4, -0.2) is 62.0 Å². The normalized spacial score (nSPS) is 12.2. The Morgan fingerprint density at radius 2 is 1.85 bits per heavy atom. The summed E-state index contributed by atoms with van der Waals surface area (Å²) in [6.07, 6.45) is 2.17. The Balaban J connectivity index is 4.23. The molecule has 7 heteroatoms. The van der Waals surface area contributed by atoms with Crippen LogP contribution in [0.25, 0.3) is 0 Å². The molecule has 0 spiro atoms. The zero-order chi connectivity index (χ0) is 15.6. The molecule has 0 aliphatic carbocycles. The lowest BCUT2D eigenvalue weighted by atomic mass is 10.2. The highest BCUT2D eigenvalue weighted by molar-refractivity contribution is 7.85. The van der Waals surface area contributed by atoms with Gasteiger partial charge in [0.2, 0.25) is 0 Å². The van der Waals surface area contributed by atoms with Gasteiger partial charge in [-0.2, -0.15) is 0 Å². The van der Waals surface area contributed by atoms with Crippen molar-refractivity contribution < 1.29 is 27.0 Å². The molecule has 0 bridgehead atoms. The van der Waals surface area contributed by atoms with Crippen molar-refractivity contribution in [2.75, 3.05) is 38.5 Å². The van der Waals surface area contributed by atoms with E-state index in [2.05, 4.69) is 6.58 Å². The Kier molecular flexibility index (Phi) is 8.68. The molecule has 0 radical (unpaired) electrons. The van der Waals surface area contributed by atoms with E-state index in [0.717, 1.165) is 30.2 Å². The average Bonchev–Trinajstić information content (AvgIpc) is 2.40. The van der Waals surface area contributed by atoms with E-state index in [0.29, 0.717) is 26.0 Å². The maximum absolute atomic E-state index is 11.0. The van der Waals surface area contributed by atoms with E-state index in [4.69, 9.17) is 4.74 Å². The lowest BCUT2D eigenvalue weighted by Gasteiger charge is -2.36. The number of likely N-dealkylation sites (N-methyl/N-ethyl adjacent to an activating group) is 1. The monoisotopic (exact) mass is 307 g/mol. The number of esters is 1. The van der Waals surface area contributed by atoms with E-state index in [1.807, 2.05) is 13.8 Å². The summed E-state index contributed by atoms with van der Waals surface area (Å²) in [4.78, 5) is 11.0. The van der Waals surface area contributed by atoms with Gasteiger partial charge in [0.15, 0.2) is 0 Å². The third kappa shape index (κ3) is 8.29. The molecule has 0 atom stereocenters. The van der Waals surface area contributed by atoms with Crippen molar-refractivity contribution in [2.45, 2.75) is 26.7 Å². The van der Waals surface area contributed by atoms with Gasteiger partial charge in [0, 0.05) is 11.8 Å². The van der Waals surface area contributed by atoms with Crippen LogP contribution in [0.3, 0.4) is 0 Å². The van der Waals surface area contributed by atoms with Gasteiger partial charge in [0.25, 0.3) is 0 Å². The number of nitrogens with zero attached hydrogens (tertiary/aromatic N) is 1. The minimum atomic E-state index is -4.12. The van der Waals surface area contributed by atoms with Crippen molar-refractivity contribution in [1.29, 1.82) is 0 Å². The van der Waals surface area contributed by atoms with E-state index in [9.17, 15) is 17.8 Å². The zero-order valence-corrected chi connectivity index (χ0v) is 13.2. The number of hydrogen-bond acceptors (Lipinski definition) is 5. The second-order valence-electron chi connectivity index (χ2n) is 4.76.